The van der Waals surface area contributed by atoms with Crippen LogP contribution < -0.4 is 16.4 Å². The first-order valence-corrected chi connectivity index (χ1v) is 7.15. The molecular weight excluding hydrogens is 266 g/mol. The number of para-hydroxylation sites is 2. The van der Waals surface area contributed by atoms with Gasteiger partial charge in [-0.3, -0.25) is 4.79 Å². The summed E-state index contributed by atoms with van der Waals surface area (Å²) < 4.78 is 0. The van der Waals surface area contributed by atoms with E-state index in [0.29, 0.717) is 24.6 Å². The maximum absolute atomic E-state index is 11.7. The van der Waals surface area contributed by atoms with E-state index in [1.807, 2.05) is 38.1 Å². The molecule has 2 aromatic rings. The first-order chi connectivity index (χ1) is 10.1. The zero-order chi connectivity index (χ0) is 15.2. The predicted molar refractivity (Wildman–Crippen MR) is 85.0 cm³/mol. The van der Waals surface area contributed by atoms with Crippen molar-refractivity contribution in [2.45, 2.75) is 32.7 Å². The fourth-order valence-electron chi connectivity index (χ4n) is 1.89. The number of hydrogen-bond donors (Lipinski definition) is 3. The number of benzene rings is 1. The van der Waals surface area contributed by atoms with E-state index in [2.05, 4.69) is 20.6 Å². The number of carbonyl (C=O) groups excluding carboxylic acids is 1. The molecule has 6 nitrogen and oxygen atoms in total. The van der Waals surface area contributed by atoms with Gasteiger partial charge >= 0.3 is 0 Å². The molecule has 4 N–H and O–H groups in total. The van der Waals surface area contributed by atoms with Crippen molar-refractivity contribution < 1.29 is 4.79 Å². The number of carbonyl (C=O) groups is 1. The van der Waals surface area contributed by atoms with E-state index in [-0.39, 0.29) is 11.9 Å². The number of nitrogens with one attached hydrogen (secondary N) is 2. The van der Waals surface area contributed by atoms with Crippen molar-refractivity contribution in [3.63, 3.8) is 0 Å². The summed E-state index contributed by atoms with van der Waals surface area (Å²) in [6.07, 6.45) is 1.29. The summed E-state index contributed by atoms with van der Waals surface area (Å²) >= 11 is 0. The summed E-state index contributed by atoms with van der Waals surface area (Å²) in [5.41, 5.74) is 7.40. The van der Waals surface area contributed by atoms with Crippen LogP contribution in [0.4, 0.5) is 11.6 Å². The van der Waals surface area contributed by atoms with Crippen LogP contribution in [0.15, 0.2) is 24.3 Å². The van der Waals surface area contributed by atoms with Crippen LogP contribution in [-0.2, 0) is 4.79 Å². The lowest BCUT2D eigenvalue weighted by Crippen LogP contribution is -2.33. The highest BCUT2D eigenvalue weighted by atomic mass is 16.1. The molecule has 0 aliphatic rings. The second kappa shape index (κ2) is 6.88. The van der Waals surface area contributed by atoms with Gasteiger partial charge in [-0.15, -0.1) is 0 Å². The molecule has 0 aliphatic heterocycles. The third-order valence-electron chi connectivity index (χ3n) is 3.26. The van der Waals surface area contributed by atoms with Gasteiger partial charge in [0.05, 0.1) is 11.0 Å². The van der Waals surface area contributed by atoms with Crippen molar-refractivity contribution >= 4 is 28.6 Å². The molecule has 0 saturated carbocycles. The maximum Gasteiger partial charge on any atom is 0.221 e. The van der Waals surface area contributed by atoms with Gasteiger partial charge in [-0.1, -0.05) is 19.1 Å². The molecule has 112 valence electrons. The van der Waals surface area contributed by atoms with Gasteiger partial charge in [-0.2, -0.15) is 0 Å². The van der Waals surface area contributed by atoms with Crippen LogP contribution >= 0.6 is 0 Å². The van der Waals surface area contributed by atoms with Crippen LogP contribution in [0.1, 0.15) is 26.7 Å². The highest BCUT2D eigenvalue weighted by Gasteiger charge is 2.08. The Bertz CT molecular complexity index is 628. The van der Waals surface area contributed by atoms with Crippen LogP contribution in [0.3, 0.4) is 0 Å². The molecule has 1 unspecified atom stereocenters. The monoisotopic (exact) mass is 287 g/mol. The van der Waals surface area contributed by atoms with Crippen LogP contribution in [0.25, 0.3) is 11.0 Å². The van der Waals surface area contributed by atoms with Gasteiger partial charge in [0.15, 0.2) is 11.6 Å². The Labute approximate surface area is 124 Å². The molecule has 1 atom stereocenters. The van der Waals surface area contributed by atoms with Crippen LogP contribution in [0, 0.1) is 0 Å². The van der Waals surface area contributed by atoms with Gasteiger partial charge in [0.25, 0.3) is 0 Å². The maximum atomic E-state index is 11.7. The molecule has 0 radical (unpaired) electrons. The minimum absolute atomic E-state index is 0.0177. The number of rotatable bonds is 6. The van der Waals surface area contributed by atoms with Crippen molar-refractivity contribution in [1.82, 2.24) is 15.3 Å². The Morgan fingerprint density at radius 2 is 1.95 bits per heavy atom. The number of aromatic nitrogens is 2. The Balaban J connectivity index is 1.94. The number of nitrogens with zero attached hydrogens (tertiary/aromatic N) is 2. The number of nitrogen functional groups attached to an aromatic ring is 1. The zero-order valence-corrected chi connectivity index (χ0v) is 12.4. The second-order valence-corrected chi connectivity index (χ2v) is 5.00. The molecular formula is C15H21N5O. The zero-order valence-electron chi connectivity index (χ0n) is 12.4. The molecule has 0 spiro atoms. The van der Waals surface area contributed by atoms with Crippen LogP contribution in [0.2, 0.25) is 0 Å². The molecule has 21 heavy (non-hydrogen) atoms. The topological polar surface area (TPSA) is 92.9 Å². The van der Waals surface area contributed by atoms with Crippen molar-refractivity contribution in [1.29, 1.82) is 0 Å². The van der Waals surface area contributed by atoms with E-state index in [1.165, 1.54) is 0 Å². The Hall–Kier alpha value is -2.37. The van der Waals surface area contributed by atoms with Crippen LogP contribution in [0.5, 0.6) is 0 Å². The molecule has 1 aromatic carbocycles. The van der Waals surface area contributed by atoms with Crippen molar-refractivity contribution in [2.75, 3.05) is 17.6 Å². The van der Waals surface area contributed by atoms with Crippen molar-refractivity contribution in [2.24, 2.45) is 0 Å². The SMILES string of the molecule is CCC(C)NC(=O)CCNc1nc2ccccc2nc1N. The van der Waals surface area contributed by atoms with E-state index in [1.54, 1.807) is 0 Å². The number of amides is 1. The molecule has 1 heterocycles. The molecule has 0 saturated heterocycles. The molecule has 1 aromatic heterocycles. The number of hydrogen-bond acceptors (Lipinski definition) is 5. The smallest absolute Gasteiger partial charge is 0.221 e. The molecule has 0 aliphatic carbocycles. The number of nitrogens with two attached hydrogens (primary N) is 1. The van der Waals surface area contributed by atoms with Gasteiger partial charge < -0.3 is 16.4 Å². The van der Waals surface area contributed by atoms with Gasteiger partial charge in [-0.25, -0.2) is 9.97 Å². The first-order valence-electron chi connectivity index (χ1n) is 7.15. The van der Waals surface area contributed by atoms with E-state index in [4.69, 9.17) is 5.73 Å². The molecule has 2 rings (SSSR count). The lowest BCUT2D eigenvalue weighted by molar-refractivity contribution is -0.121. The third kappa shape index (κ3) is 4.05. The Morgan fingerprint density at radius 1 is 1.29 bits per heavy atom. The molecule has 0 fully saturated rings. The normalized spacial score (nSPS) is 12.1. The number of anilines is 2. The van der Waals surface area contributed by atoms with E-state index >= 15 is 0 Å². The van der Waals surface area contributed by atoms with E-state index in [0.717, 1.165) is 17.5 Å². The summed E-state index contributed by atoms with van der Waals surface area (Å²) in [4.78, 5) is 20.4. The summed E-state index contributed by atoms with van der Waals surface area (Å²) in [5.74, 6) is 0.880. The van der Waals surface area contributed by atoms with Crippen LogP contribution in [-0.4, -0.2) is 28.5 Å². The van der Waals surface area contributed by atoms with Gasteiger partial charge in [-0.05, 0) is 25.5 Å². The average Bonchev–Trinajstić information content (AvgIpc) is 2.47. The second-order valence-electron chi connectivity index (χ2n) is 5.00. The summed E-state index contributed by atoms with van der Waals surface area (Å²) in [7, 11) is 0. The molecule has 1 amide bonds. The summed E-state index contributed by atoms with van der Waals surface area (Å²) in [6.45, 7) is 4.49. The Kier molecular flexibility index (Phi) is 4.92. The lowest BCUT2D eigenvalue weighted by Gasteiger charge is -2.12. The summed E-state index contributed by atoms with van der Waals surface area (Å²) in [5, 5.41) is 5.98. The van der Waals surface area contributed by atoms with Crippen molar-refractivity contribution in [3.8, 4) is 0 Å². The third-order valence-corrected chi connectivity index (χ3v) is 3.26. The minimum atomic E-state index is 0.0177. The first kappa shape index (κ1) is 15.0. The highest BCUT2D eigenvalue weighted by molar-refractivity contribution is 5.80. The highest BCUT2D eigenvalue weighted by Crippen LogP contribution is 2.18. The largest absolute Gasteiger partial charge is 0.381 e. The minimum Gasteiger partial charge on any atom is -0.381 e. The van der Waals surface area contributed by atoms with Crippen molar-refractivity contribution in [3.05, 3.63) is 24.3 Å². The van der Waals surface area contributed by atoms with Gasteiger partial charge in [0.1, 0.15) is 0 Å². The average molecular weight is 287 g/mol. The molecule has 6 heteroatoms. The standard InChI is InChI=1S/C15H21N5O/c1-3-10(2)18-13(21)8-9-17-15-14(16)19-11-6-4-5-7-12(11)20-15/h4-7,10H,3,8-9H2,1-2H3,(H2,16,19)(H,17,20)(H,18,21). The fraction of sp³-hybridized carbons (Fsp3) is 0.400. The van der Waals surface area contributed by atoms with E-state index < -0.39 is 0 Å². The van der Waals surface area contributed by atoms with E-state index in [9.17, 15) is 4.79 Å². The summed E-state index contributed by atoms with van der Waals surface area (Å²) in [6, 6.07) is 7.73. The quantitative estimate of drug-likeness (QED) is 0.755. The Morgan fingerprint density at radius 3 is 2.62 bits per heavy atom. The van der Waals surface area contributed by atoms with Gasteiger partial charge in [0.2, 0.25) is 5.91 Å². The van der Waals surface area contributed by atoms with Gasteiger partial charge in [0, 0.05) is 19.0 Å². The fourth-order valence-corrected chi connectivity index (χ4v) is 1.89. The molecule has 0 bridgehead atoms. The lowest BCUT2D eigenvalue weighted by atomic mass is 10.2. The number of fused-ring (bicyclic) bond motifs is 1. The predicted octanol–water partition coefficient (Wildman–Crippen LogP) is 1.93.